The lowest BCUT2D eigenvalue weighted by Crippen LogP contribution is -2.24. The SMILES string of the molecule is Cc1cccc(-c2cnn3ccc(N4CCCC4c4ccc(F)cc4F)nc23)n1. The van der Waals surface area contributed by atoms with Gasteiger partial charge in [-0.1, -0.05) is 12.1 Å². The lowest BCUT2D eigenvalue weighted by atomic mass is 10.0. The third-order valence-corrected chi connectivity index (χ3v) is 5.39. The van der Waals surface area contributed by atoms with Crippen molar-refractivity contribution in [2.75, 3.05) is 11.4 Å². The van der Waals surface area contributed by atoms with Crippen LogP contribution in [0.5, 0.6) is 0 Å². The van der Waals surface area contributed by atoms with Crippen molar-refractivity contribution >= 4 is 11.5 Å². The molecule has 1 fully saturated rings. The summed E-state index contributed by atoms with van der Waals surface area (Å²) in [4.78, 5) is 11.5. The minimum Gasteiger partial charge on any atom is -0.349 e. The van der Waals surface area contributed by atoms with E-state index in [9.17, 15) is 8.78 Å². The summed E-state index contributed by atoms with van der Waals surface area (Å²) in [5.41, 5.74) is 3.78. The molecule has 1 aliphatic rings. The number of fused-ring (bicyclic) bond motifs is 1. The fraction of sp³-hybridized carbons (Fsp3) is 0.227. The number of pyridine rings is 1. The van der Waals surface area contributed by atoms with E-state index in [1.54, 1.807) is 10.7 Å². The Bertz CT molecular complexity index is 1200. The van der Waals surface area contributed by atoms with Crippen LogP contribution in [0.15, 0.2) is 54.9 Å². The summed E-state index contributed by atoms with van der Waals surface area (Å²) in [5.74, 6) is -0.333. The average molecular weight is 391 g/mol. The van der Waals surface area contributed by atoms with Crippen molar-refractivity contribution in [3.8, 4) is 11.3 Å². The molecule has 0 bridgehead atoms. The molecule has 5 rings (SSSR count). The van der Waals surface area contributed by atoms with E-state index in [-0.39, 0.29) is 6.04 Å². The maximum atomic E-state index is 14.4. The second-order valence-corrected chi connectivity index (χ2v) is 7.29. The molecule has 0 amide bonds. The van der Waals surface area contributed by atoms with Gasteiger partial charge in [0.1, 0.15) is 17.5 Å². The van der Waals surface area contributed by atoms with Crippen LogP contribution in [0.4, 0.5) is 14.6 Å². The Morgan fingerprint density at radius 1 is 1.07 bits per heavy atom. The summed E-state index contributed by atoms with van der Waals surface area (Å²) in [7, 11) is 0. The number of aromatic nitrogens is 4. The van der Waals surface area contributed by atoms with Crippen LogP contribution < -0.4 is 4.90 Å². The fourth-order valence-electron chi connectivity index (χ4n) is 4.03. The molecule has 7 heteroatoms. The zero-order valence-electron chi connectivity index (χ0n) is 15.9. The number of hydrogen-bond acceptors (Lipinski definition) is 4. The Kier molecular flexibility index (Phi) is 4.23. The lowest BCUT2D eigenvalue weighted by Gasteiger charge is -2.26. The second-order valence-electron chi connectivity index (χ2n) is 7.29. The van der Waals surface area contributed by atoms with E-state index in [1.165, 1.54) is 12.1 Å². The highest BCUT2D eigenvalue weighted by atomic mass is 19.1. The van der Waals surface area contributed by atoms with Gasteiger partial charge in [0, 0.05) is 30.1 Å². The minimum absolute atomic E-state index is 0.172. The minimum atomic E-state index is -0.565. The molecule has 3 aromatic heterocycles. The monoisotopic (exact) mass is 391 g/mol. The molecular formula is C22H19F2N5. The van der Waals surface area contributed by atoms with E-state index < -0.39 is 11.6 Å². The van der Waals surface area contributed by atoms with Crippen LogP contribution in [-0.2, 0) is 0 Å². The molecule has 4 aromatic rings. The van der Waals surface area contributed by atoms with Crippen molar-refractivity contribution in [3.63, 3.8) is 0 Å². The Morgan fingerprint density at radius 3 is 2.79 bits per heavy atom. The topological polar surface area (TPSA) is 46.3 Å². The molecule has 1 atom stereocenters. The molecule has 1 saturated heterocycles. The van der Waals surface area contributed by atoms with Gasteiger partial charge in [-0.2, -0.15) is 5.10 Å². The molecule has 1 aliphatic heterocycles. The van der Waals surface area contributed by atoms with Crippen LogP contribution in [0.25, 0.3) is 16.9 Å². The van der Waals surface area contributed by atoms with E-state index in [2.05, 4.69) is 15.0 Å². The van der Waals surface area contributed by atoms with Crippen LogP contribution in [0, 0.1) is 18.6 Å². The van der Waals surface area contributed by atoms with Gasteiger partial charge in [-0.3, -0.25) is 4.98 Å². The Hall–Kier alpha value is -3.35. The second kappa shape index (κ2) is 6.92. The van der Waals surface area contributed by atoms with Crippen LogP contribution in [-0.4, -0.2) is 26.1 Å². The van der Waals surface area contributed by atoms with Crippen molar-refractivity contribution < 1.29 is 8.78 Å². The maximum Gasteiger partial charge on any atom is 0.166 e. The van der Waals surface area contributed by atoms with Crippen molar-refractivity contribution in [1.82, 2.24) is 19.6 Å². The van der Waals surface area contributed by atoms with E-state index in [0.717, 1.165) is 48.2 Å². The van der Waals surface area contributed by atoms with Crippen molar-refractivity contribution in [2.45, 2.75) is 25.8 Å². The molecule has 5 nitrogen and oxygen atoms in total. The van der Waals surface area contributed by atoms with Gasteiger partial charge in [0.15, 0.2) is 5.65 Å². The van der Waals surface area contributed by atoms with E-state index in [0.29, 0.717) is 11.2 Å². The molecule has 29 heavy (non-hydrogen) atoms. The van der Waals surface area contributed by atoms with Crippen LogP contribution >= 0.6 is 0 Å². The van der Waals surface area contributed by atoms with Gasteiger partial charge in [-0.15, -0.1) is 0 Å². The van der Waals surface area contributed by atoms with E-state index in [4.69, 9.17) is 4.98 Å². The molecule has 1 unspecified atom stereocenters. The summed E-state index contributed by atoms with van der Waals surface area (Å²) in [6.45, 7) is 2.71. The molecule has 0 saturated carbocycles. The number of rotatable bonds is 3. The van der Waals surface area contributed by atoms with Gasteiger partial charge in [0.25, 0.3) is 0 Å². The number of halogens is 2. The van der Waals surface area contributed by atoms with Gasteiger partial charge >= 0.3 is 0 Å². The lowest BCUT2D eigenvalue weighted by molar-refractivity contribution is 0.553. The first-order valence-electron chi connectivity index (χ1n) is 9.60. The molecular weight excluding hydrogens is 372 g/mol. The predicted molar refractivity (Wildman–Crippen MR) is 107 cm³/mol. The summed E-state index contributed by atoms with van der Waals surface area (Å²) in [5, 5.41) is 4.39. The zero-order chi connectivity index (χ0) is 20.0. The molecule has 1 aromatic carbocycles. The average Bonchev–Trinajstić information content (AvgIpc) is 3.34. The van der Waals surface area contributed by atoms with Crippen molar-refractivity contribution in [1.29, 1.82) is 0 Å². The molecule has 4 heterocycles. The summed E-state index contributed by atoms with van der Waals surface area (Å²) in [6, 6.07) is 11.3. The normalized spacial score (nSPS) is 16.7. The predicted octanol–water partition coefficient (Wildman–Crippen LogP) is 4.72. The highest BCUT2D eigenvalue weighted by Crippen LogP contribution is 2.37. The standard InChI is InChI=1S/C22H19F2N5/c1-14-4-2-5-19(26-14)17-13-25-29-11-9-21(27-22(17)29)28-10-3-6-20(28)16-8-7-15(23)12-18(16)24/h2,4-5,7-9,11-13,20H,3,6,10H2,1H3. The van der Waals surface area contributed by atoms with Crippen molar-refractivity contribution in [3.05, 3.63) is 77.8 Å². The highest BCUT2D eigenvalue weighted by Gasteiger charge is 2.29. The molecule has 0 radical (unpaired) electrons. The van der Waals surface area contributed by atoms with E-state index in [1.807, 2.05) is 37.4 Å². The highest BCUT2D eigenvalue weighted by molar-refractivity contribution is 5.75. The maximum absolute atomic E-state index is 14.4. The molecule has 146 valence electrons. The van der Waals surface area contributed by atoms with Crippen molar-refractivity contribution in [2.24, 2.45) is 0 Å². The van der Waals surface area contributed by atoms with Crippen LogP contribution in [0.1, 0.15) is 30.1 Å². The Balaban J connectivity index is 1.57. The number of anilines is 1. The number of aryl methyl sites for hydroxylation is 1. The Morgan fingerprint density at radius 2 is 1.97 bits per heavy atom. The van der Waals surface area contributed by atoms with Gasteiger partial charge in [0.05, 0.1) is 23.5 Å². The van der Waals surface area contributed by atoms with Gasteiger partial charge in [-0.05, 0) is 44.0 Å². The summed E-state index contributed by atoms with van der Waals surface area (Å²) in [6.07, 6.45) is 5.32. The third-order valence-electron chi connectivity index (χ3n) is 5.39. The number of benzene rings is 1. The first-order valence-corrected chi connectivity index (χ1v) is 9.60. The van der Waals surface area contributed by atoms with Crippen LogP contribution in [0.2, 0.25) is 0 Å². The molecule has 0 N–H and O–H groups in total. The van der Waals surface area contributed by atoms with E-state index >= 15 is 0 Å². The van der Waals surface area contributed by atoms with Gasteiger partial charge < -0.3 is 4.90 Å². The summed E-state index contributed by atoms with van der Waals surface area (Å²) >= 11 is 0. The number of hydrogen-bond donors (Lipinski definition) is 0. The van der Waals surface area contributed by atoms with Crippen LogP contribution in [0.3, 0.4) is 0 Å². The smallest absolute Gasteiger partial charge is 0.166 e. The first-order chi connectivity index (χ1) is 14.1. The number of nitrogens with zero attached hydrogens (tertiary/aromatic N) is 5. The first kappa shape index (κ1) is 17.7. The summed E-state index contributed by atoms with van der Waals surface area (Å²) < 4.78 is 29.5. The molecule has 0 spiro atoms. The Labute approximate surface area is 166 Å². The third kappa shape index (κ3) is 3.12. The largest absolute Gasteiger partial charge is 0.349 e. The molecule has 0 aliphatic carbocycles. The zero-order valence-corrected chi connectivity index (χ0v) is 15.9. The van der Waals surface area contributed by atoms with Gasteiger partial charge in [0.2, 0.25) is 0 Å². The van der Waals surface area contributed by atoms with Gasteiger partial charge in [-0.25, -0.2) is 18.3 Å². The quantitative estimate of drug-likeness (QED) is 0.507. The fourth-order valence-corrected chi connectivity index (χ4v) is 4.03.